The monoisotopic (exact) mass is 603 g/mol. The number of alkyl halides is 3. The normalized spacial score (nSPS) is 13.0. The zero-order chi connectivity index (χ0) is 26.4. The van der Waals surface area contributed by atoms with E-state index in [1.807, 2.05) is 0 Å². The molecular weight excluding hydrogens is 590 g/mol. The summed E-state index contributed by atoms with van der Waals surface area (Å²) in [7, 11) is -4.66. The molecule has 0 amide bonds. The number of pyridine rings is 1. The van der Waals surface area contributed by atoms with Crippen LogP contribution >= 0.6 is 34.8 Å². The predicted octanol–water partition coefficient (Wildman–Crippen LogP) is 5.78. The van der Waals surface area contributed by atoms with E-state index in [0.29, 0.717) is 0 Å². The molecule has 11 nitrogen and oxygen atoms in total. The summed E-state index contributed by atoms with van der Waals surface area (Å²) in [6.45, 7) is 1.06. The van der Waals surface area contributed by atoms with Crippen LogP contribution in [-0.4, -0.2) is 45.2 Å². The Kier molecular flexibility index (Phi) is 8.28. The molecular formula is C19H15Cl3F3N5O6S. The van der Waals surface area contributed by atoms with Gasteiger partial charge in [0.1, 0.15) is 24.2 Å². The molecule has 18 heteroatoms. The Balaban J connectivity index is 0.00000380. The number of halogens is 6. The Morgan fingerprint density at radius 2 is 1.81 bits per heavy atom. The number of rotatable bonds is 7. The molecule has 200 valence electrons. The molecule has 0 aliphatic carbocycles. The van der Waals surface area contributed by atoms with Crippen molar-refractivity contribution in [2.24, 2.45) is 0 Å². The highest BCUT2D eigenvalue weighted by molar-refractivity contribution is 7.80. The fourth-order valence-electron chi connectivity index (χ4n) is 3.00. The van der Waals surface area contributed by atoms with Gasteiger partial charge in [0.05, 0.1) is 20.6 Å². The van der Waals surface area contributed by atoms with Gasteiger partial charge in [-0.15, -0.1) is 0 Å². The minimum absolute atomic E-state index is 0. The molecule has 4 aromatic rings. The van der Waals surface area contributed by atoms with Crippen molar-refractivity contribution in [3.63, 3.8) is 0 Å². The third kappa shape index (κ3) is 6.62. The average molecular weight is 605 g/mol. The van der Waals surface area contributed by atoms with Crippen LogP contribution in [0.1, 0.15) is 12.5 Å². The number of hydrogen-bond acceptors (Lipinski definition) is 9. The maximum atomic E-state index is 13.1. The molecule has 0 aliphatic heterocycles. The fourth-order valence-corrected chi connectivity index (χ4v) is 4.19. The number of ether oxygens (including phenoxy) is 1. The van der Waals surface area contributed by atoms with E-state index in [0.717, 1.165) is 16.7 Å². The lowest BCUT2D eigenvalue weighted by atomic mass is 10.2. The van der Waals surface area contributed by atoms with Gasteiger partial charge in [0, 0.05) is 24.0 Å². The number of hydrogen-bond donors (Lipinski definition) is 2. The number of imidazole rings is 1. The van der Waals surface area contributed by atoms with Gasteiger partial charge in [-0.2, -0.15) is 26.6 Å². The quantitative estimate of drug-likeness (QED) is 0.247. The van der Waals surface area contributed by atoms with E-state index in [-0.39, 0.29) is 62.2 Å². The first-order valence-electron chi connectivity index (χ1n) is 9.58. The summed E-state index contributed by atoms with van der Waals surface area (Å²) in [5.74, 6) is -0.0527. The minimum atomic E-state index is -4.66. The van der Waals surface area contributed by atoms with Crippen LogP contribution in [-0.2, 0) is 20.8 Å². The van der Waals surface area contributed by atoms with Crippen LogP contribution in [0.5, 0.6) is 5.75 Å². The van der Waals surface area contributed by atoms with Crippen LogP contribution in [0.3, 0.4) is 0 Å². The van der Waals surface area contributed by atoms with Gasteiger partial charge in [-0.05, 0) is 19.1 Å². The largest absolute Gasteiger partial charge is 0.489 e. The standard InChI is InChI=1S/C19H12Cl3F3N4O6S.H3N/c1-8(35-36(30,31)32)7-33-15-4-11(20)10(3-12(15)21)16-27-18(34-28-16)14-6-29-5-9(19(23,24)25)2-13(22)17(29)26-14;/h2-6,8H,7H2,1H3,(H,30,31,32);1H3/t8-;/m1./s1. The van der Waals surface area contributed by atoms with Gasteiger partial charge >= 0.3 is 16.6 Å². The predicted molar refractivity (Wildman–Crippen MR) is 127 cm³/mol. The van der Waals surface area contributed by atoms with E-state index < -0.39 is 28.2 Å². The van der Waals surface area contributed by atoms with Crippen molar-refractivity contribution in [3.8, 4) is 28.7 Å². The lowest BCUT2D eigenvalue weighted by Crippen LogP contribution is -2.21. The molecule has 3 heterocycles. The molecule has 0 aliphatic rings. The summed E-state index contributed by atoms with van der Waals surface area (Å²) in [5, 5.41) is 3.72. The molecule has 0 bridgehead atoms. The molecule has 0 spiro atoms. The van der Waals surface area contributed by atoms with E-state index in [9.17, 15) is 21.6 Å². The van der Waals surface area contributed by atoms with E-state index in [2.05, 4.69) is 19.3 Å². The second-order valence-corrected chi connectivity index (χ2v) is 9.53. The molecule has 0 saturated heterocycles. The highest BCUT2D eigenvalue weighted by atomic mass is 35.5. The Bertz CT molecular complexity index is 1560. The lowest BCUT2D eigenvalue weighted by Gasteiger charge is -2.13. The van der Waals surface area contributed by atoms with Gasteiger partial charge in [-0.3, -0.25) is 4.55 Å². The highest BCUT2D eigenvalue weighted by Crippen LogP contribution is 2.37. The topological polar surface area (TPSA) is 164 Å². The molecule has 4 N–H and O–H groups in total. The summed E-state index contributed by atoms with van der Waals surface area (Å²) in [6.07, 6.45) is -3.56. The van der Waals surface area contributed by atoms with Crippen molar-refractivity contribution in [2.45, 2.75) is 19.2 Å². The van der Waals surface area contributed by atoms with Gasteiger partial charge in [0.15, 0.2) is 5.65 Å². The second kappa shape index (κ2) is 10.6. The third-order valence-electron chi connectivity index (χ3n) is 4.50. The van der Waals surface area contributed by atoms with Crippen molar-refractivity contribution >= 4 is 50.8 Å². The Morgan fingerprint density at radius 3 is 2.46 bits per heavy atom. The second-order valence-electron chi connectivity index (χ2n) is 7.26. The van der Waals surface area contributed by atoms with E-state index in [1.54, 1.807) is 0 Å². The van der Waals surface area contributed by atoms with E-state index in [4.69, 9.17) is 48.6 Å². The fraction of sp³-hybridized carbons (Fsp3) is 0.211. The zero-order valence-corrected chi connectivity index (χ0v) is 21.4. The molecule has 0 unspecified atom stereocenters. The van der Waals surface area contributed by atoms with Crippen molar-refractivity contribution in [3.05, 3.63) is 51.2 Å². The minimum Gasteiger partial charge on any atom is -0.489 e. The molecule has 0 fully saturated rings. The third-order valence-corrected chi connectivity index (χ3v) is 5.96. The van der Waals surface area contributed by atoms with Gasteiger partial charge in [-0.1, -0.05) is 40.0 Å². The molecule has 37 heavy (non-hydrogen) atoms. The summed E-state index contributed by atoms with van der Waals surface area (Å²) in [6, 6.07) is 3.44. The molecule has 4 rings (SSSR count). The van der Waals surface area contributed by atoms with Gasteiger partial charge < -0.3 is 19.8 Å². The lowest BCUT2D eigenvalue weighted by molar-refractivity contribution is -0.137. The Morgan fingerprint density at radius 1 is 1.11 bits per heavy atom. The number of benzene rings is 1. The van der Waals surface area contributed by atoms with Crippen LogP contribution in [0, 0.1) is 0 Å². The molecule has 1 aromatic carbocycles. The summed E-state index contributed by atoms with van der Waals surface area (Å²) < 4.78 is 85.4. The number of nitrogens with zero attached hydrogens (tertiary/aromatic N) is 4. The van der Waals surface area contributed by atoms with Gasteiger partial charge in [0.2, 0.25) is 5.82 Å². The highest BCUT2D eigenvalue weighted by Gasteiger charge is 2.32. The van der Waals surface area contributed by atoms with Crippen LogP contribution in [0.4, 0.5) is 13.2 Å². The zero-order valence-electron chi connectivity index (χ0n) is 18.3. The molecule has 3 aromatic heterocycles. The van der Waals surface area contributed by atoms with E-state index >= 15 is 0 Å². The summed E-state index contributed by atoms with van der Waals surface area (Å²) in [5.41, 5.74) is -0.621. The maximum absolute atomic E-state index is 13.1. The molecule has 1 atom stereocenters. The first kappa shape index (κ1) is 28.9. The van der Waals surface area contributed by atoms with Crippen LogP contribution in [0.25, 0.3) is 28.6 Å². The van der Waals surface area contributed by atoms with Crippen LogP contribution in [0.2, 0.25) is 15.1 Å². The Labute approximate surface area is 221 Å². The van der Waals surface area contributed by atoms with Gasteiger partial charge in [0.25, 0.3) is 5.89 Å². The summed E-state index contributed by atoms with van der Waals surface area (Å²) >= 11 is 18.5. The molecule has 0 saturated carbocycles. The van der Waals surface area contributed by atoms with Crippen molar-refractivity contribution < 1.29 is 39.6 Å². The number of fused-ring (bicyclic) bond motifs is 1. The van der Waals surface area contributed by atoms with Crippen LogP contribution in [0.15, 0.2) is 35.1 Å². The van der Waals surface area contributed by atoms with Gasteiger partial charge in [-0.25, -0.2) is 9.17 Å². The SMILES string of the molecule is C[C@H](COc1cc(Cl)c(-c2noc(-c3cn4cc(C(F)(F)F)cc(Cl)c4n3)n2)cc1Cl)OS(=O)(=O)O.N. The number of aromatic nitrogens is 4. The van der Waals surface area contributed by atoms with Crippen molar-refractivity contribution in [1.29, 1.82) is 0 Å². The average Bonchev–Trinajstić information content (AvgIpc) is 3.39. The summed E-state index contributed by atoms with van der Waals surface area (Å²) in [4.78, 5) is 8.32. The van der Waals surface area contributed by atoms with Crippen LogP contribution < -0.4 is 10.9 Å². The first-order valence-corrected chi connectivity index (χ1v) is 12.1. The smallest absolute Gasteiger partial charge is 0.417 e. The Hall–Kier alpha value is -2.66. The maximum Gasteiger partial charge on any atom is 0.417 e. The molecule has 0 radical (unpaired) electrons. The van der Waals surface area contributed by atoms with Crippen molar-refractivity contribution in [1.82, 2.24) is 25.7 Å². The first-order chi connectivity index (χ1) is 16.7. The van der Waals surface area contributed by atoms with E-state index in [1.165, 1.54) is 25.3 Å². The van der Waals surface area contributed by atoms with Crippen molar-refractivity contribution in [2.75, 3.05) is 6.61 Å².